The zero-order valence-electron chi connectivity index (χ0n) is 53.2. The van der Waals surface area contributed by atoms with Crippen molar-refractivity contribution in [3.63, 3.8) is 0 Å². The number of ketones is 3. The van der Waals surface area contributed by atoms with Crippen LogP contribution in [0.15, 0.2) is 0 Å². The first-order valence-electron chi connectivity index (χ1n) is 33.5. The summed E-state index contributed by atoms with van der Waals surface area (Å²) in [4.78, 5) is 45.9. The van der Waals surface area contributed by atoms with E-state index >= 15 is 0 Å². The maximum absolute atomic E-state index is 12.5. The Morgan fingerprint density at radius 3 is 0.953 bits per heavy atom. The number of aliphatic carboxylic acids is 1. The average molecular weight is 1290 g/mol. The molecule has 0 aromatic rings. The number of hydrogen-bond acceptors (Lipinski definition) is 13. The molecule has 0 spiro atoms. The Morgan fingerprint density at radius 2 is 0.709 bits per heavy atom. The maximum atomic E-state index is 12.5. The molecule has 12 rings (SSSR count). The molecule has 12 fully saturated rings. The van der Waals surface area contributed by atoms with Crippen LogP contribution < -0.4 is 34.7 Å². The molecule has 0 unspecified atom stereocenters. The van der Waals surface area contributed by atoms with Gasteiger partial charge in [0.25, 0.3) is 0 Å². The van der Waals surface area contributed by atoms with Gasteiger partial charge in [-0.15, -0.1) is 0 Å². The molecule has 12 aliphatic rings. The van der Waals surface area contributed by atoms with Gasteiger partial charge in [0.05, 0.1) is 42.0 Å². The van der Waals surface area contributed by atoms with Gasteiger partial charge in [-0.2, -0.15) is 13.2 Å². The number of fused-ring (bicyclic) bond motifs is 15. The molecule has 12 saturated carbocycles. The van der Waals surface area contributed by atoms with Crippen molar-refractivity contribution in [2.24, 2.45) is 123 Å². The minimum absolute atomic E-state index is 0. The fraction of sp³-hybridized carbons (Fsp3) is 0.941. The number of carboxylic acid groups (broad SMARTS) is 1. The van der Waals surface area contributed by atoms with Crippen molar-refractivity contribution in [3.8, 4) is 0 Å². The third kappa shape index (κ3) is 14.1. The smallest absolute Gasteiger partial charge is 0.542 e. The number of Topliss-reactive ketones (excluding diaryl/α,β-unsaturated/α-hetero) is 3. The number of carbonyl (C=O) groups is 4. The summed E-state index contributed by atoms with van der Waals surface area (Å²) < 4.78 is 47.4. The normalized spacial score (nSPS) is 46.8. The van der Waals surface area contributed by atoms with Gasteiger partial charge in [0.2, 0.25) is 0 Å². The molecular weight excluding hydrogens is 1180 g/mol. The van der Waals surface area contributed by atoms with Crippen LogP contribution in [0.3, 0.4) is 0 Å². The molecule has 0 amide bonds. The van der Waals surface area contributed by atoms with Crippen molar-refractivity contribution in [2.45, 2.75) is 217 Å². The predicted molar refractivity (Wildman–Crippen MR) is 316 cm³/mol. The molecule has 86 heavy (non-hydrogen) atoms. The summed E-state index contributed by atoms with van der Waals surface area (Å²) in [6.45, 7) is 7.95. The van der Waals surface area contributed by atoms with Gasteiger partial charge in [0.15, 0.2) is 11.6 Å². The van der Waals surface area contributed by atoms with Crippen LogP contribution in [0.5, 0.6) is 0 Å². The van der Waals surface area contributed by atoms with Gasteiger partial charge in [-0.1, -0.05) is 36.7 Å². The predicted octanol–water partition coefficient (Wildman–Crippen LogP) is 7.29. The Hall–Kier alpha value is -0.570. The van der Waals surface area contributed by atoms with E-state index in [1.165, 1.54) is 89.9 Å². The van der Waals surface area contributed by atoms with Gasteiger partial charge in [-0.3, -0.25) is 14.4 Å². The van der Waals surface area contributed by atoms with E-state index in [-0.39, 0.29) is 88.3 Å². The molecule has 0 aromatic carbocycles. The van der Waals surface area contributed by atoms with Crippen LogP contribution in [0.4, 0.5) is 13.2 Å². The first-order valence-corrected chi connectivity index (χ1v) is 34.6. The summed E-state index contributed by atoms with van der Waals surface area (Å²) in [6, 6.07) is 0. The largest absolute Gasteiger partial charge is 1.00 e. The molecule has 5 N–H and O–H groups in total. The second kappa shape index (κ2) is 28.6. The van der Waals surface area contributed by atoms with Crippen LogP contribution in [0, 0.1) is 123 Å². The number of hydrogen-bond donors (Lipinski definition) is 5. The van der Waals surface area contributed by atoms with Crippen molar-refractivity contribution in [1.82, 2.24) is 0 Å². The van der Waals surface area contributed by atoms with Gasteiger partial charge in [0, 0.05) is 39.1 Å². The molecule has 13 nitrogen and oxygen atoms in total. The first-order chi connectivity index (χ1) is 40.2. The number of alkyl halides is 4. The Labute approximate surface area is 542 Å². The van der Waals surface area contributed by atoms with Crippen molar-refractivity contribution >= 4 is 39.2 Å². The fourth-order valence-corrected chi connectivity index (χ4v) is 24.4. The van der Waals surface area contributed by atoms with Gasteiger partial charge >= 0.3 is 35.7 Å². The number of rotatable bonds is 12. The van der Waals surface area contributed by atoms with E-state index < -0.39 is 28.9 Å². The van der Waals surface area contributed by atoms with E-state index in [1.54, 1.807) is 21.3 Å². The molecule has 0 saturated heterocycles. The van der Waals surface area contributed by atoms with Crippen molar-refractivity contribution in [1.29, 1.82) is 0 Å². The fourth-order valence-electron chi connectivity index (χ4n) is 24.0. The molecule has 0 aromatic heterocycles. The molecular formula is C68H107BrF3NaO13. The van der Waals surface area contributed by atoms with E-state index in [2.05, 4.69) is 36.7 Å². The van der Waals surface area contributed by atoms with Gasteiger partial charge in [-0.05, 0) is 278 Å². The number of halogens is 4. The maximum Gasteiger partial charge on any atom is 1.00 e. The van der Waals surface area contributed by atoms with Crippen LogP contribution in [-0.4, -0.2) is 132 Å². The molecule has 0 radical (unpaired) electrons. The zero-order valence-corrected chi connectivity index (χ0v) is 56.8. The summed E-state index contributed by atoms with van der Waals surface area (Å²) in [7, 11) is 5.08. The molecule has 12 aliphatic carbocycles. The second-order valence-corrected chi connectivity index (χ2v) is 31.7. The number of methoxy groups -OCH3 is 3. The molecule has 0 heterocycles. The monoisotopic (exact) mass is 1290 g/mol. The van der Waals surface area contributed by atoms with Crippen molar-refractivity contribution in [2.75, 3.05) is 59.7 Å². The summed E-state index contributed by atoms with van der Waals surface area (Å²) in [5, 5.41) is 60.6. The third-order valence-electron chi connectivity index (χ3n) is 27.4. The molecule has 486 valence electrons. The third-order valence-corrected chi connectivity index (χ3v) is 27.9. The van der Waals surface area contributed by atoms with Crippen LogP contribution >= 0.6 is 15.9 Å². The van der Waals surface area contributed by atoms with Crippen LogP contribution in [-0.2, 0) is 33.4 Å². The molecule has 24 atom stereocenters. The SMILES string of the molecule is COC[C@@]1(O)CC[C@H]2[C@H](CC[C@@H]3[C@@H]2CC[C@]2(C)[C@@H](C(=O)CO)CC[C@@H]32)C1.COC[C@]1(O)CC[C@H]2[C@H](CC[C@@H]3[C@@H]2CC[C@]2(C)[C@@H](C(=O)CBr)CC[C@@H]32)C1.COC[C@]1(O)CC[C@H]2[C@H](CC[C@@H]3[C@@H]2CC[C@]2(C)[C@@H](C(=O)CO)CC[C@@H]32)C1.O=C([O-])C(F)(F)F.[Na+]. The Bertz CT molecular complexity index is 2110. The van der Waals surface area contributed by atoms with Gasteiger partial charge < -0.3 is 49.6 Å². The Morgan fingerprint density at radius 1 is 0.442 bits per heavy atom. The number of carboxylic acids is 1. The van der Waals surface area contributed by atoms with E-state index in [9.17, 15) is 53.1 Å². The number of carbonyl (C=O) groups excluding carboxylic acids is 4. The number of ether oxygens (including phenoxy) is 3. The van der Waals surface area contributed by atoms with E-state index in [4.69, 9.17) is 24.1 Å². The zero-order chi connectivity index (χ0) is 61.7. The Balaban J connectivity index is 0.000000158. The van der Waals surface area contributed by atoms with E-state index in [0.29, 0.717) is 60.5 Å². The number of aliphatic hydroxyl groups excluding tert-OH is 2. The van der Waals surface area contributed by atoms with Gasteiger partial charge in [0.1, 0.15) is 25.0 Å². The molecule has 18 heteroatoms. The van der Waals surface area contributed by atoms with Crippen LogP contribution in [0.1, 0.15) is 194 Å². The quantitative estimate of drug-likeness (QED) is 0.0959. The van der Waals surface area contributed by atoms with Crippen molar-refractivity contribution < 1.29 is 107 Å². The summed E-state index contributed by atoms with van der Waals surface area (Å²) in [5.74, 6) is 9.04. The summed E-state index contributed by atoms with van der Waals surface area (Å²) >= 11 is 3.42. The molecule has 0 bridgehead atoms. The second-order valence-electron chi connectivity index (χ2n) is 31.2. The standard InChI is InChI=1S/C22H35BrO3.2C22H36O4.C2HF3O2.Na/c3*1-21-9-7-16-15-8-10-22(25,13-26-2)11-14(15)3-4-17(16)18(21)5-6-19(21)20(24)12-23;3-2(4,5)1(6)7;/h14-19,25H,3-13H2,1-2H3;2*14-19,23,25H,3-13H2,1-2H3;(H,6,7);/q;;;;+1/p-1/t2*14-,15+,16-,17-,18+,19-,21+,22+;14-,15+,16-,17-,18+,19-,21+,22-;;/m111../s1. The summed E-state index contributed by atoms with van der Waals surface area (Å²) in [5.41, 5.74) is -1.36. The molecule has 0 aliphatic heterocycles. The van der Waals surface area contributed by atoms with E-state index in [1.807, 2.05) is 0 Å². The van der Waals surface area contributed by atoms with Crippen LogP contribution in [0.2, 0.25) is 0 Å². The van der Waals surface area contributed by atoms with Crippen LogP contribution in [0.25, 0.3) is 0 Å². The topological polar surface area (TPSA) is 220 Å². The Kier molecular flexibility index (Phi) is 23.7. The number of aliphatic hydroxyl groups is 5. The van der Waals surface area contributed by atoms with E-state index in [0.717, 1.165) is 143 Å². The minimum Gasteiger partial charge on any atom is -0.542 e. The van der Waals surface area contributed by atoms with Crippen molar-refractivity contribution in [3.05, 3.63) is 0 Å². The van der Waals surface area contributed by atoms with Gasteiger partial charge in [-0.25, -0.2) is 0 Å². The minimum atomic E-state index is -5.19. The summed E-state index contributed by atoms with van der Waals surface area (Å²) in [6.07, 6.45) is 25.1. The first kappa shape index (κ1) is 71.3. The average Bonchev–Trinajstić information content (AvgIpc) is 1.45.